The summed E-state index contributed by atoms with van der Waals surface area (Å²) in [5, 5.41) is 9.01. The molecule has 120 valence electrons. The van der Waals surface area contributed by atoms with E-state index in [4.69, 9.17) is 9.84 Å². The van der Waals surface area contributed by atoms with Gasteiger partial charge < -0.3 is 14.7 Å². The highest BCUT2D eigenvalue weighted by Gasteiger charge is 2.26. The maximum Gasteiger partial charge on any atom is 0.305 e. The van der Waals surface area contributed by atoms with Gasteiger partial charge in [0.05, 0.1) is 6.42 Å². The molecule has 2 aromatic carbocycles. The van der Waals surface area contributed by atoms with Crippen molar-refractivity contribution in [2.75, 3.05) is 11.4 Å². The van der Waals surface area contributed by atoms with Crippen molar-refractivity contribution in [1.82, 2.24) is 0 Å². The van der Waals surface area contributed by atoms with E-state index < -0.39 is 5.97 Å². The van der Waals surface area contributed by atoms with Crippen LogP contribution in [0.3, 0.4) is 0 Å². The minimum atomic E-state index is -0.732. The molecule has 1 N–H and O–H groups in total. The number of nitrogens with zero attached hydrogens (tertiary/aromatic N) is 1. The summed E-state index contributed by atoms with van der Waals surface area (Å²) in [4.78, 5) is 13.1. The Kier molecular flexibility index (Phi) is 4.81. The Bertz CT molecular complexity index is 639. The highest BCUT2D eigenvalue weighted by atomic mass is 16.5. The van der Waals surface area contributed by atoms with Crippen LogP contribution in [0.15, 0.2) is 54.6 Å². The molecule has 4 heteroatoms. The van der Waals surface area contributed by atoms with Crippen LogP contribution in [0, 0.1) is 0 Å². The molecule has 0 unspecified atom stereocenters. The third-order valence-electron chi connectivity index (χ3n) is 4.20. The number of carboxylic acid groups (broad SMARTS) is 1. The molecule has 4 nitrogen and oxygen atoms in total. The van der Waals surface area contributed by atoms with E-state index in [0.717, 1.165) is 36.4 Å². The van der Waals surface area contributed by atoms with Crippen LogP contribution in [0.5, 0.6) is 5.75 Å². The minimum Gasteiger partial charge on any atom is -0.489 e. The second-order valence-corrected chi connectivity index (χ2v) is 5.86. The minimum absolute atomic E-state index is 0.101. The standard InChI is InChI=1S/C19H21NO3/c21-19(22)13-17-7-4-12-20(17)16-8-10-18(11-9-16)23-14-15-5-2-1-3-6-15/h1-3,5-6,8-11,17H,4,7,12-14H2,(H,21,22)/t17-/m1/s1. The van der Waals surface area contributed by atoms with Crippen molar-refractivity contribution in [1.29, 1.82) is 0 Å². The Balaban J connectivity index is 1.61. The predicted octanol–water partition coefficient (Wildman–Crippen LogP) is 3.71. The Morgan fingerprint density at radius 2 is 1.87 bits per heavy atom. The zero-order valence-electron chi connectivity index (χ0n) is 13.0. The van der Waals surface area contributed by atoms with E-state index in [1.54, 1.807) is 0 Å². The molecular formula is C19H21NO3. The van der Waals surface area contributed by atoms with Crippen molar-refractivity contribution in [2.24, 2.45) is 0 Å². The van der Waals surface area contributed by atoms with Gasteiger partial charge in [0.15, 0.2) is 0 Å². The Hall–Kier alpha value is -2.49. The summed E-state index contributed by atoms with van der Waals surface area (Å²) < 4.78 is 5.79. The number of carbonyl (C=O) groups is 1. The van der Waals surface area contributed by atoms with Gasteiger partial charge in [-0.3, -0.25) is 4.79 Å². The summed E-state index contributed by atoms with van der Waals surface area (Å²) in [6, 6.07) is 18.1. The van der Waals surface area contributed by atoms with Gasteiger partial charge >= 0.3 is 5.97 Å². The molecule has 1 saturated heterocycles. The molecule has 1 aliphatic heterocycles. The third-order valence-corrected chi connectivity index (χ3v) is 4.20. The second-order valence-electron chi connectivity index (χ2n) is 5.86. The highest BCUT2D eigenvalue weighted by molar-refractivity contribution is 5.69. The quantitative estimate of drug-likeness (QED) is 0.883. The molecule has 1 heterocycles. The van der Waals surface area contributed by atoms with E-state index in [2.05, 4.69) is 4.90 Å². The summed E-state index contributed by atoms with van der Waals surface area (Å²) in [6.07, 6.45) is 2.19. The van der Waals surface area contributed by atoms with Crippen LogP contribution in [-0.2, 0) is 11.4 Å². The van der Waals surface area contributed by atoms with Gasteiger partial charge in [-0.15, -0.1) is 0 Å². The van der Waals surface area contributed by atoms with Crippen LogP contribution in [0.4, 0.5) is 5.69 Å². The lowest BCUT2D eigenvalue weighted by Gasteiger charge is -2.25. The molecule has 0 aromatic heterocycles. The zero-order valence-corrected chi connectivity index (χ0v) is 13.0. The lowest BCUT2D eigenvalue weighted by atomic mass is 10.1. The van der Waals surface area contributed by atoms with Crippen LogP contribution < -0.4 is 9.64 Å². The Morgan fingerprint density at radius 3 is 2.57 bits per heavy atom. The van der Waals surface area contributed by atoms with Crippen LogP contribution in [0.25, 0.3) is 0 Å². The van der Waals surface area contributed by atoms with Crippen LogP contribution in [0.2, 0.25) is 0 Å². The molecule has 23 heavy (non-hydrogen) atoms. The van der Waals surface area contributed by atoms with Crippen molar-refractivity contribution in [3.63, 3.8) is 0 Å². The topological polar surface area (TPSA) is 49.8 Å². The van der Waals surface area contributed by atoms with Gasteiger partial charge in [0.1, 0.15) is 12.4 Å². The lowest BCUT2D eigenvalue weighted by Crippen LogP contribution is -2.31. The van der Waals surface area contributed by atoms with Gasteiger partial charge in [-0.25, -0.2) is 0 Å². The Morgan fingerprint density at radius 1 is 1.13 bits per heavy atom. The fourth-order valence-electron chi connectivity index (χ4n) is 3.06. The van der Waals surface area contributed by atoms with E-state index in [9.17, 15) is 4.79 Å². The van der Waals surface area contributed by atoms with Crippen molar-refractivity contribution >= 4 is 11.7 Å². The molecule has 0 bridgehead atoms. The van der Waals surface area contributed by atoms with Gasteiger partial charge in [-0.05, 0) is 42.7 Å². The first kappa shape index (κ1) is 15.4. The molecule has 0 radical (unpaired) electrons. The predicted molar refractivity (Wildman–Crippen MR) is 89.8 cm³/mol. The SMILES string of the molecule is O=C(O)C[C@H]1CCCN1c1ccc(OCc2ccccc2)cc1. The first-order valence-electron chi connectivity index (χ1n) is 7.97. The number of hydrogen-bond acceptors (Lipinski definition) is 3. The lowest BCUT2D eigenvalue weighted by molar-refractivity contribution is -0.137. The average Bonchev–Trinajstić information content (AvgIpc) is 3.02. The molecule has 0 spiro atoms. The largest absolute Gasteiger partial charge is 0.489 e. The van der Waals surface area contributed by atoms with Crippen LogP contribution in [0.1, 0.15) is 24.8 Å². The molecule has 0 amide bonds. The number of benzene rings is 2. The number of rotatable bonds is 6. The molecule has 1 atom stereocenters. The molecule has 2 aromatic rings. The van der Waals surface area contributed by atoms with Crippen LogP contribution in [-0.4, -0.2) is 23.7 Å². The molecular weight excluding hydrogens is 290 g/mol. The first-order chi connectivity index (χ1) is 11.2. The second kappa shape index (κ2) is 7.18. The van der Waals surface area contributed by atoms with Gasteiger partial charge in [0.2, 0.25) is 0 Å². The van der Waals surface area contributed by atoms with Crippen molar-refractivity contribution in [3.05, 3.63) is 60.2 Å². The maximum atomic E-state index is 11.0. The van der Waals surface area contributed by atoms with Crippen molar-refractivity contribution in [2.45, 2.75) is 31.9 Å². The number of anilines is 1. The fraction of sp³-hybridized carbons (Fsp3) is 0.316. The van der Waals surface area contributed by atoms with E-state index in [0.29, 0.717) is 6.61 Å². The van der Waals surface area contributed by atoms with Crippen LogP contribution >= 0.6 is 0 Å². The van der Waals surface area contributed by atoms with Crippen molar-refractivity contribution < 1.29 is 14.6 Å². The van der Waals surface area contributed by atoms with E-state index in [-0.39, 0.29) is 12.5 Å². The number of aliphatic carboxylic acids is 1. The maximum absolute atomic E-state index is 11.0. The molecule has 1 fully saturated rings. The third kappa shape index (κ3) is 4.03. The summed E-state index contributed by atoms with van der Waals surface area (Å²) in [5.74, 6) is 0.0938. The molecule has 0 aliphatic carbocycles. The smallest absolute Gasteiger partial charge is 0.305 e. The van der Waals surface area contributed by atoms with Crippen molar-refractivity contribution in [3.8, 4) is 5.75 Å². The summed E-state index contributed by atoms with van der Waals surface area (Å²) in [7, 11) is 0. The highest BCUT2D eigenvalue weighted by Crippen LogP contribution is 2.29. The average molecular weight is 311 g/mol. The van der Waals surface area contributed by atoms with Gasteiger partial charge in [0, 0.05) is 18.3 Å². The number of hydrogen-bond donors (Lipinski definition) is 1. The van der Waals surface area contributed by atoms with Gasteiger partial charge in [-0.1, -0.05) is 30.3 Å². The summed E-state index contributed by atoms with van der Waals surface area (Å²) >= 11 is 0. The van der Waals surface area contributed by atoms with E-state index in [1.165, 1.54) is 0 Å². The molecule has 3 rings (SSSR count). The monoisotopic (exact) mass is 311 g/mol. The normalized spacial score (nSPS) is 17.2. The van der Waals surface area contributed by atoms with E-state index in [1.807, 2.05) is 54.6 Å². The first-order valence-corrected chi connectivity index (χ1v) is 7.97. The number of ether oxygens (including phenoxy) is 1. The summed E-state index contributed by atoms with van der Waals surface area (Å²) in [5.41, 5.74) is 2.21. The van der Waals surface area contributed by atoms with E-state index >= 15 is 0 Å². The fourth-order valence-corrected chi connectivity index (χ4v) is 3.06. The molecule has 0 saturated carbocycles. The Labute approximate surface area is 136 Å². The molecule has 1 aliphatic rings. The number of carboxylic acids is 1. The zero-order chi connectivity index (χ0) is 16.1. The van der Waals surface area contributed by atoms with Gasteiger partial charge in [-0.2, -0.15) is 0 Å². The summed E-state index contributed by atoms with van der Waals surface area (Å²) in [6.45, 7) is 1.47. The van der Waals surface area contributed by atoms with Gasteiger partial charge in [0.25, 0.3) is 0 Å².